The van der Waals surface area contributed by atoms with E-state index in [9.17, 15) is 13.6 Å². The van der Waals surface area contributed by atoms with Crippen LogP contribution in [-0.4, -0.2) is 24.4 Å². The highest BCUT2D eigenvalue weighted by Crippen LogP contribution is 2.23. The largest absolute Gasteiger partial charge is 0.341 e. The molecule has 0 saturated carbocycles. The van der Waals surface area contributed by atoms with Gasteiger partial charge in [-0.2, -0.15) is 0 Å². The fourth-order valence-electron chi connectivity index (χ4n) is 1.83. The predicted octanol–water partition coefficient (Wildman–Crippen LogP) is 2.30. The van der Waals surface area contributed by atoms with Gasteiger partial charge in [0.1, 0.15) is 0 Å². The topological polar surface area (TPSA) is 46.3 Å². The third kappa shape index (κ3) is 3.50. The molecule has 1 aromatic carbocycles. The molecule has 1 rings (SSSR count). The highest BCUT2D eigenvalue weighted by molar-refractivity contribution is 5.82. The van der Waals surface area contributed by atoms with Gasteiger partial charge in [0.05, 0.1) is 5.41 Å². The van der Waals surface area contributed by atoms with Gasteiger partial charge in [-0.3, -0.25) is 4.79 Å². The lowest BCUT2D eigenvalue weighted by molar-refractivity contribution is -0.140. The van der Waals surface area contributed by atoms with E-state index in [-0.39, 0.29) is 19.0 Å². The maximum Gasteiger partial charge on any atom is 0.229 e. The lowest BCUT2D eigenvalue weighted by Crippen LogP contribution is -2.44. The van der Waals surface area contributed by atoms with Crippen molar-refractivity contribution in [3.8, 4) is 0 Å². The molecule has 1 atom stereocenters. The van der Waals surface area contributed by atoms with Crippen molar-refractivity contribution in [3.05, 3.63) is 35.4 Å². The fraction of sp³-hybridized carbons (Fsp3) is 0.500. The van der Waals surface area contributed by atoms with Crippen molar-refractivity contribution in [2.24, 2.45) is 11.1 Å². The van der Waals surface area contributed by atoms with Crippen LogP contribution >= 0.6 is 0 Å². The minimum absolute atomic E-state index is 0.0952. The van der Waals surface area contributed by atoms with Crippen molar-refractivity contribution in [2.75, 3.05) is 13.6 Å². The third-order valence-electron chi connectivity index (χ3n) is 3.50. The molecule has 0 bridgehead atoms. The molecule has 3 nitrogen and oxygen atoms in total. The summed E-state index contributed by atoms with van der Waals surface area (Å²) in [5.41, 5.74) is 5.57. The summed E-state index contributed by atoms with van der Waals surface area (Å²) in [5.74, 6) is -1.89. The number of carbonyl (C=O) groups is 1. The second-order valence-corrected chi connectivity index (χ2v) is 5.03. The molecular formula is C14H20F2N2O. The number of halogens is 2. The van der Waals surface area contributed by atoms with E-state index in [4.69, 9.17) is 5.73 Å². The van der Waals surface area contributed by atoms with Gasteiger partial charge in [-0.15, -0.1) is 0 Å². The summed E-state index contributed by atoms with van der Waals surface area (Å²) in [7, 11) is 1.63. The van der Waals surface area contributed by atoms with Gasteiger partial charge in [0, 0.05) is 20.1 Å². The second-order valence-electron chi connectivity index (χ2n) is 5.03. The zero-order valence-electron chi connectivity index (χ0n) is 11.5. The summed E-state index contributed by atoms with van der Waals surface area (Å²) in [6.07, 6.45) is 0.629. The Bertz CT molecular complexity index is 459. The smallest absolute Gasteiger partial charge is 0.229 e. The van der Waals surface area contributed by atoms with E-state index < -0.39 is 17.0 Å². The van der Waals surface area contributed by atoms with Gasteiger partial charge >= 0.3 is 0 Å². The molecule has 2 N–H and O–H groups in total. The first-order valence-corrected chi connectivity index (χ1v) is 6.23. The van der Waals surface area contributed by atoms with Crippen LogP contribution in [0.25, 0.3) is 0 Å². The van der Waals surface area contributed by atoms with Crippen molar-refractivity contribution in [2.45, 2.75) is 26.8 Å². The van der Waals surface area contributed by atoms with E-state index in [0.717, 1.165) is 12.1 Å². The van der Waals surface area contributed by atoms with Crippen molar-refractivity contribution >= 4 is 5.91 Å². The molecule has 0 aliphatic heterocycles. The normalized spacial score (nSPS) is 14.0. The number of nitrogens with zero attached hydrogens (tertiary/aromatic N) is 1. The summed E-state index contributed by atoms with van der Waals surface area (Å²) in [6.45, 7) is 4.18. The van der Waals surface area contributed by atoms with E-state index in [1.165, 1.54) is 11.0 Å². The summed E-state index contributed by atoms with van der Waals surface area (Å²) in [4.78, 5) is 13.8. The molecule has 0 aliphatic rings. The molecule has 1 aromatic rings. The van der Waals surface area contributed by atoms with Crippen molar-refractivity contribution in [1.29, 1.82) is 0 Å². The molecule has 5 heteroatoms. The minimum atomic E-state index is -0.907. The quantitative estimate of drug-likeness (QED) is 0.892. The Morgan fingerprint density at radius 1 is 1.37 bits per heavy atom. The number of rotatable bonds is 5. The molecule has 0 spiro atoms. The molecule has 0 radical (unpaired) electrons. The van der Waals surface area contributed by atoms with Gasteiger partial charge in [0.15, 0.2) is 11.6 Å². The van der Waals surface area contributed by atoms with Gasteiger partial charge in [-0.1, -0.05) is 13.0 Å². The summed E-state index contributed by atoms with van der Waals surface area (Å²) >= 11 is 0. The van der Waals surface area contributed by atoms with E-state index in [1.807, 2.05) is 6.92 Å². The Labute approximate surface area is 112 Å². The molecule has 0 fully saturated rings. The van der Waals surface area contributed by atoms with Crippen LogP contribution in [-0.2, 0) is 11.3 Å². The van der Waals surface area contributed by atoms with E-state index in [1.54, 1.807) is 14.0 Å². The number of hydrogen-bond donors (Lipinski definition) is 1. The first kappa shape index (κ1) is 15.6. The molecule has 19 heavy (non-hydrogen) atoms. The second kappa shape index (κ2) is 6.10. The Balaban J connectivity index is 2.81. The Morgan fingerprint density at radius 2 is 2.00 bits per heavy atom. The van der Waals surface area contributed by atoms with Crippen LogP contribution in [0.1, 0.15) is 25.8 Å². The van der Waals surface area contributed by atoms with Crippen LogP contribution < -0.4 is 5.73 Å². The third-order valence-corrected chi connectivity index (χ3v) is 3.50. The van der Waals surface area contributed by atoms with Gasteiger partial charge in [0.25, 0.3) is 0 Å². The van der Waals surface area contributed by atoms with Crippen LogP contribution in [0, 0.1) is 17.0 Å². The molecule has 0 saturated heterocycles. The van der Waals surface area contributed by atoms with Crippen LogP contribution in [0.2, 0.25) is 0 Å². The first-order chi connectivity index (χ1) is 8.84. The SMILES string of the molecule is CCC(C)(CN)C(=O)N(C)Cc1ccc(F)c(F)c1. The molecule has 0 aliphatic carbocycles. The lowest BCUT2D eigenvalue weighted by atomic mass is 9.86. The van der Waals surface area contributed by atoms with Gasteiger partial charge in [-0.05, 0) is 31.0 Å². The number of carbonyl (C=O) groups excluding carboxylic acids is 1. The molecular weight excluding hydrogens is 250 g/mol. The lowest BCUT2D eigenvalue weighted by Gasteiger charge is -2.30. The molecule has 1 amide bonds. The number of benzene rings is 1. The highest BCUT2D eigenvalue weighted by atomic mass is 19.2. The maximum absolute atomic E-state index is 13.1. The van der Waals surface area contributed by atoms with Crippen LogP contribution in [0.5, 0.6) is 0 Å². The number of amides is 1. The zero-order chi connectivity index (χ0) is 14.6. The Hall–Kier alpha value is -1.49. The molecule has 106 valence electrons. The monoisotopic (exact) mass is 270 g/mol. The Morgan fingerprint density at radius 3 is 2.47 bits per heavy atom. The summed E-state index contributed by atoms with van der Waals surface area (Å²) < 4.78 is 25.9. The van der Waals surface area contributed by atoms with Gasteiger partial charge in [-0.25, -0.2) is 8.78 Å². The van der Waals surface area contributed by atoms with Crippen molar-refractivity contribution in [1.82, 2.24) is 4.90 Å². The van der Waals surface area contributed by atoms with Crippen LogP contribution in [0.4, 0.5) is 8.78 Å². The highest BCUT2D eigenvalue weighted by Gasteiger charge is 2.32. The summed E-state index contributed by atoms with van der Waals surface area (Å²) in [5, 5.41) is 0. The molecule has 1 unspecified atom stereocenters. The van der Waals surface area contributed by atoms with Crippen molar-refractivity contribution < 1.29 is 13.6 Å². The van der Waals surface area contributed by atoms with E-state index in [2.05, 4.69) is 0 Å². The average Bonchev–Trinajstić information content (AvgIpc) is 2.41. The van der Waals surface area contributed by atoms with Crippen LogP contribution in [0.3, 0.4) is 0 Å². The summed E-state index contributed by atoms with van der Waals surface area (Å²) in [6, 6.07) is 3.63. The van der Waals surface area contributed by atoms with E-state index in [0.29, 0.717) is 12.0 Å². The zero-order valence-corrected chi connectivity index (χ0v) is 11.5. The van der Waals surface area contributed by atoms with Crippen molar-refractivity contribution in [3.63, 3.8) is 0 Å². The number of hydrogen-bond acceptors (Lipinski definition) is 2. The maximum atomic E-state index is 13.1. The molecule has 0 heterocycles. The molecule has 0 aromatic heterocycles. The standard InChI is InChI=1S/C14H20F2N2O/c1-4-14(2,9-17)13(19)18(3)8-10-5-6-11(15)12(16)7-10/h5-7H,4,8-9,17H2,1-3H3. The average molecular weight is 270 g/mol. The number of nitrogens with two attached hydrogens (primary N) is 1. The predicted molar refractivity (Wildman–Crippen MR) is 70.3 cm³/mol. The Kier molecular flexibility index (Phi) is 5.00. The fourth-order valence-corrected chi connectivity index (χ4v) is 1.83. The minimum Gasteiger partial charge on any atom is -0.341 e. The van der Waals surface area contributed by atoms with E-state index >= 15 is 0 Å². The van der Waals surface area contributed by atoms with Crippen LogP contribution in [0.15, 0.2) is 18.2 Å². The van der Waals surface area contributed by atoms with Gasteiger partial charge in [0.2, 0.25) is 5.91 Å². The van der Waals surface area contributed by atoms with Gasteiger partial charge < -0.3 is 10.6 Å². The first-order valence-electron chi connectivity index (χ1n) is 6.23.